The Bertz CT molecular complexity index is 188. The van der Waals surface area contributed by atoms with Crippen molar-refractivity contribution in [3.05, 3.63) is 0 Å². The van der Waals surface area contributed by atoms with E-state index < -0.39 is 18.0 Å². The van der Waals surface area contributed by atoms with Crippen LogP contribution in [0.25, 0.3) is 0 Å². The number of hydrogen-bond donors (Lipinski definition) is 3. The lowest BCUT2D eigenvalue weighted by molar-refractivity contribution is -0.185. The number of nitrogens with one attached hydrogen (secondary N) is 1. The largest absolute Gasteiger partial charge is 0.481 e. The van der Waals surface area contributed by atoms with Gasteiger partial charge < -0.3 is 14.9 Å². The Labute approximate surface area is 84.1 Å². The average molecular weight is 205 g/mol. The molecule has 0 saturated heterocycles. The van der Waals surface area contributed by atoms with Crippen LogP contribution >= 0.6 is 0 Å². The van der Waals surface area contributed by atoms with Crippen LogP contribution in [0.5, 0.6) is 0 Å². The molecule has 5 nitrogen and oxygen atoms in total. The van der Waals surface area contributed by atoms with E-state index in [-0.39, 0.29) is 12.5 Å². The molecule has 5 heteroatoms. The van der Waals surface area contributed by atoms with Crippen LogP contribution in [0.3, 0.4) is 0 Å². The number of rotatable bonds is 5. The van der Waals surface area contributed by atoms with E-state index in [0.717, 1.165) is 0 Å². The molecule has 0 amide bonds. The van der Waals surface area contributed by atoms with Gasteiger partial charge in [-0.2, -0.15) is 0 Å². The van der Waals surface area contributed by atoms with Crippen LogP contribution in [0, 0.1) is 0 Å². The highest BCUT2D eigenvalue weighted by molar-refractivity contribution is 5.67. The number of carboxylic acid groups (broad SMARTS) is 1. The minimum absolute atomic E-state index is 0.0510. The van der Waals surface area contributed by atoms with Crippen molar-refractivity contribution in [1.82, 2.24) is 5.32 Å². The van der Waals surface area contributed by atoms with Gasteiger partial charge in [-0.25, -0.2) is 0 Å². The van der Waals surface area contributed by atoms with Crippen molar-refractivity contribution in [3.8, 4) is 0 Å². The van der Waals surface area contributed by atoms with E-state index in [1.54, 1.807) is 27.7 Å². The standard InChI is InChI=1S/C9H19NO4/c1-6(5-7(11)12)10-8(13)14-9(2,3)4/h6,8,10,13H,5H2,1-4H3,(H,11,12)/t6?,8-/m1/s1. The first-order chi connectivity index (χ1) is 6.20. The fraction of sp³-hybridized carbons (Fsp3) is 0.889. The first-order valence-electron chi connectivity index (χ1n) is 4.54. The molecule has 0 aliphatic heterocycles. The van der Waals surface area contributed by atoms with Crippen molar-refractivity contribution in [1.29, 1.82) is 0 Å². The highest BCUT2D eigenvalue weighted by Crippen LogP contribution is 2.08. The normalized spacial score (nSPS) is 16.4. The van der Waals surface area contributed by atoms with Crippen molar-refractivity contribution in [2.24, 2.45) is 0 Å². The third-order valence-electron chi connectivity index (χ3n) is 1.37. The fourth-order valence-electron chi connectivity index (χ4n) is 0.933. The second-order valence-corrected chi connectivity index (χ2v) is 4.25. The molecule has 1 unspecified atom stereocenters. The highest BCUT2D eigenvalue weighted by atomic mass is 16.6. The van der Waals surface area contributed by atoms with Crippen molar-refractivity contribution in [3.63, 3.8) is 0 Å². The van der Waals surface area contributed by atoms with Gasteiger partial charge >= 0.3 is 5.97 Å². The molecular formula is C9H19NO4. The Balaban J connectivity index is 3.82. The summed E-state index contributed by atoms with van der Waals surface area (Å²) in [7, 11) is 0. The van der Waals surface area contributed by atoms with E-state index in [2.05, 4.69) is 5.32 Å². The van der Waals surface area contributed by atoms with Gasteiger partial charge in [-0.15, -0.1) is 0 Å². The van der Waals surface area contributed by atoms with Gasteiger partial charge in [0.15, 0.2) is 0 Å². The quantitative estimate of drug-likeness (QED) is 0.571. The summed E-state index contributed by atoms with van der Waals surface area (Å²) < 4.78 is 5.14. The molecule has 0 fully saturated rings. The van der Waals surface area contributed by atoms with E-state index in [1.807, 2.05) is 0 Å². The maximum Gasteiger partial charge on any atom is 0.304 e. The molecule has 0 radical (unpaired) electrons. The molecule has 0 rings (SSSR count). The van der Waals surface area contributed by atoms with Crippen LogP contribution in [0.15, 0.2) is 0 Å². The number of carboxylic acids is 1. The third-order valence-corrected chi connectivity index (χ3v) is 1.37. The monoisotopic (exact) mass is 205 g/mol. The number of aliphatic hydroxyl groups excluding tert-OH is 1. The van der Waals surface area contributed by atoms with Crippen LogP contribution < -0.4 is 5.32 Å². The van der Waals surface area contributed by atoms with Crippen molar-refractivity contribution < 1.29 is 19.7 Å². The summed E-state index contributed by atoms with van der Waals surface area (Å²) in [6, 6.07) is -0.329. The van der Waals surface area contributed by atoms with Crippen molar-refractivity contribution in [2.75, 3.05) is 0 Å². The second-order valence-electron chi connectivity index (χ2n) is 4.25. The van der Waals surface area contributed by atoms with Gasteiger partial charge in [0.05, 0.1) is 12.0 Å². The molecule has 0 aliphatic carbocycles. The zero-order valence-corrected chi connectivity index (χ0v) is 9.07. The van der Waals surface area contributed by atoms with E-state index in [9.17, 15) is 9.90 Å². The van der Waals surface area contributed by atoms with Gasteiger partial charge in [-0.1, -0.05) is 0 Å². The summed E-state index contributed by atoms with van der Waals surface area (Å²) in [5, 5.41) is 20.4. The second kappa shape index (κ2) is 5.29. The number of aliphatic hydroxyl groups is 1. The van der Waals surface area contributed by atoms with Crippen LogP contribution in [0.4, 0.5) is 0 Å². The Morgan fingerprint density at radius 1 is 1.50 bits per heavy atom. The first-order valence-corrected chi connectivity index (χ1v) is 4.54. The van der Waals surface area contributed by atoms with Gasteiger partial charge in [-0.3, -0.25) is 10.1 Å². The Morgan fingerprint density at radius 3 is 2.36 bits per heavy atom. The molecule has 2 atom stereocenters. The summed E-state index contributed by atoms with van der Waals surface area (Å²) in [5.74, 6) is -0.909. The summed E-state index contributed by atoms with van der Waals surface area (Å²) in [5.41, 5.74) is -0.463. The first kappa shape index (κ1) is 13.4. The lowest BCUT2D eigenvalue weighted by atomic mass is 10.2. The van der Waals surface area contributed by atoms with Crippen LogP contribution in [-0.2, 0) is 9.53 Å². The third kappa shape index (κ3) is 7.97. The average Bonchev–Trinajstić information content (AvgIpc) is 1.77. The number of aliphatic carboxylic acids is 1. The highest BCUT2D eigenvalue weighted by Gasteiger charge is 2.18. The summed E-state index contributed by atoms with van der Waals surface area (Å²) in [4.78, 5) is 10.3. The van der Waals surface area contributed by atoms with Crippen molar-refractivity contribution in [2.45, 2.75) is 52.2 Å². The van der Waals surface area contributed by atoms with E-state index in [0.29, 0.717) is 0 Å². The van der Waals surface area contributed by atoms with Crippen LogP contribution in [0.1, 0.15) is 34.1 Å². The Hall–Kier alpha value is -0.650. The maximum absolute atomic E-state index is 10.3. The van der Waals surface area contributed by atoms with E-state index in [4.69, 9.17) is 9.84 Å². The van der Waals surface area contributed by atoms with Gasteiger partial charge in [-0.05, 0) is 27.7 Å². The van der Waals surface area contributed by atoms with E-state index in [1.165, 1.54) is 0 Å². The predicted octanol–water partition coefficient (Wildman–Crippen LogP) is 0.530. The summed E-state index contributed by atoms with van der Waals surface area (Å²) >= 11 is 0. The summed E-state index contributed by atoms with van der Waals surface area (Å²) in [6.45, 7) is 7.09. The van der Waals surface area contributed by atoms with Crippen molar-refractivity contribution >= 4 is 5.97 Å². The molecule has 0 aliphatic rings. The summed E-state index contributed by atoms with van der Waals surface area (Å²) in [6.07, 6.45) is -1.19. The maximum atomic E-state index is 10.3. The molecule has 0 spiro atoms. The molecular weight excluding hydrogens is 186 g/mol. The fourth-order valence-corrected chi connectivity index (χ4v) is 0.933. The minimum atomic E-state index is -1.13. The molecule has 14 heavy (non-hydrogen) atoms. The lowest BCUT2D eigenvalue weighted by Gasteiger charge is -2.26. The molecule has 0 bridgehead atoms. The predicted molar refractivity (Wildman–Crippen MR) is 51.7 cm³/mol. The zero-order valence-electron chi connectivity index (χ0n) is 9.07. The Morgan fingerprint density at radius 2 is 2.00 bits per heavy atom. The SMILES string of the molecule is CC(CC(=O)O)N[C@H](O)OC(C)(C)C. The molecule has 0 aromatic rings. The molecule has 0 heterocycles. The Kier molecular flexibility index (Phi) is 5.04. The molecule has 0 aromatic heterocycles. The van der Waals surface area contributed by atoms with Gasteiger partial charge in [0.25, 0.3) is 0 Å². The number of ether oxygens (including phenoxy) is 1. The van der Waals surface area contributed by atoms with E-state index >= 15 is 0 Å². The van der Waals surface area contributed by atoms with Crippen LogP contribution in [-0.4, -0.2) is 34.2 Å². The zero-order chi connectivity index (χ0) is 11.4. The molecule has 0 aromatic carbocycles. The number of hydrogen-bond acceptors (Lipinski definition) is 4. The topological polar surface area (TPSA) is 78.8 Å². The van der Waals surface area contributed by atoms with Crippen LogP contribution in [0.2, 0.25) is 0 Å². The van der Waals surface area contributed by atoms with Gasteiger partial charge in [0.2, 0.25) is 6.41 Å². The smallest absolute Gasteiger partial charge is 0.304 e. The number of carbonyl (C=O) groups is 1. The molecule has 3 N–H and O–H groups in total. The molecule has 84 valence electrons. The van der Waals surface area contributed by atoms with Gasteiger partial charge in [0.1, 0.15) is 0 Å². The minimum Gasteiger partial charge on any atom is -0.481 e. The lowest BCUT2D eigenvalue weighted by Crippen LogP contribution is -2.43. The molecule has 0 saturated carbocycles. The van der Waals surface area contributed by atoms with Gasteiger partial charge in [0, 0.05) is 6.04 Å².